The summed E-state index contributed by atoms with van der Waals surface area (Å²) in [6, 6.07) is 9.28. The second-order valence-corrected chi connectivity index (χ2v) is 9.22. The molecule has 0 saturated heterocycles. The fourth-order valence-electron chi connectivity index (χ4n) is 4.13. The minimum Gasteiger partial charge on any atom is -0.508 e. The normalized spacial score (nSPS) is 14.3. The smallest absolute Gasteiger partial charge is 0.417 e. The Balaban J connectivity index is 1.97. The maximum Gasteiger partial charge on any atom is 0.417 e. The van der Waals surface area contributed by atoms with E-state index in [1.54, 1.807) is 32.3 Å². The monoisotopic (exact) mass is 466 g/mol. The first kappa shape index (κ1) is 24.6. The van der Waals surface area contributed by atoms with E-state index in [0.29, 0.717) is 16.5 Å². The average Bonchev–Trinajstić information content (AvgIpc) is 3.08. The number of hydrogen-bond acceptors (Lipinski definition) is 3. The van der Waals surface area contributed by atoms with E-state index >= 15 is 0 Å². The third-order valence-electron chi connectivity index (χ3n) is 5.76. The van der Waals surface area contributed by atoms with Crippen molar-refractivity contribution in [1.29, 1.82) is 0 Å². The van der Waals surface area contributed by atoms with Gasteiger partial charge in [-0.3, -0.25) is 4.79 Å². The van der Waals surface area contributed by atoms with Crippen molar-refractivity contribution in [3.63, 3.8) is 0 Å². The van der Waals surface area contributed by atoms with Gasteiger partial charge in [-0.1, -0.05) is 19.9 Å². The number of amides is 1. The molecular formula is C24H26F4N2O3. The van der Waals surface area contributed by atoms with Crippen LogP contribution in [-0.4, -0.2) is 51.9 Å². The maximum absolute atomic E-state index is 14.1. The molecule has 1 atom stereocenters. The number of nitrogens with zero attached hydrogens (tertiary/aromatic N) is 1. The number of hydrogen-bond donors (Lipinski definition) is 3. The van der Waals surface area contributed by atoms with Gasteiger partial charge in [-0.05, 0) is 53.6 Å². The van der Waals surface area contributed by atoms with Gasteiger partial charge in [0.1, 0.15) is 11.6 Å². The highest BCUT2D eigenvalue weighted by Gasteiger charge is 2.56. The van der Waals surface area contributed by atoms with Crippen LogP contribution in [0.1, 0.15) is 41.9 Å². The van der Waals surface area contributed by atoms with Crippen molar-refractivity contribution in [3.05, 3.63) is 65.1 Å². The number of carbonyl (C=O) groups is 1. The van der Waals surface area contributed by atoms with Gasteiger partial charge in [0.2, 0.25) is 0 Å². The van der Waals surface area contributed by atoms with E-state index in [4.69, 9.17) is 0 Å². The molecule has 1 unspecified atom stereocenters. The highest BCUT2D eigenvalue weighted by atomic mass is 19.4. The number of aromatic hydroxyl groups is 1. The van der Waals surface area contributed by atoms with Crippen molar-refractivity contribution >= 4 is 16.8 Å². The summed E-state index contributed by atoms with van der Waals surface area (Å²) in [4.78, 5) is 16.4. The Morgan fingerprint density at radius 3 is 2.33 bits per heavy atom. The minimum absolute atomic E-state index is 0.0336. The molecule has 2 aromatic carbocycles. The quantitative estimate of drug-likeness (QED) is 0.452. The zero-order valence-corrected chi connectivity index (χ0v) is 18.7. The van der Waals surface area contributed by atoms with E-state index in [2.05, 4.69) is 4.98 Å². The Bertz CT molecular complexity index is 1180. The van der Waals surface area contributed by atoms with Gasteiger partial charge in [0, 0.05) is 42.9 Å². The number of carbonyl (C=O) groups excluding carboxylic acids is 1. The van der Waals surface area contributed by atoms with E-state index in [0.717, 1.165) is 18.2 Å². The summed E-state index contributed by atoms with van der Waals surface area (Å²) in [5.41, 5.74) is -3.65. The number of phenols is 1. The lowest BCUT2D eigenvalue weighted by Crippen LogP contribution is -2.50. The Kier molecular flexibility index (Phi) is 6.23. The van der Waals surface area contributed by atoms with E-state index < -0.39 is 35.9 Å². The molecule has 0 aliphatic heterocycles. The molecule has 5 nitrogen and oxygen atoms in total. The molecule has 0 radical (unpaired) electrons. The van der Waals surface area contributed by atoms with Gasteiger partial charge in [-0.15, -0.1) is 0 Å². The van der Waals surface area contributed by atoms with E-state index in [1.165, 1.54) is 24.8 Å². The Labute approximate surface area is 188 Å². The van der Waals surface area contributed by atoms with E-state index in [9.17, 15) is 32.6 Å². The molecule has 3 N–H and O–H groups in total. The van der Waals surface area contributed by atoms with Gasteiger partial charge < -0.3 is 20.1 Å². The standard InChI is InChI=1S/C24H26F4N2O3/c1-22(2,18-11-16(25)7-8-20(18)31)13-23(33,24(26,27)28)12-17-9-14-5-6-15(10-19(14)29-17)21(32)30(3)4/h5-11,29,31,33H,12-13H2,1-4H3. The molecule has 1 heterocycles. The van der Waals surface area contributed by atoms with Crippen LogP contribution in [0.3, 0.4) is 0 Å². The van der Waals surface area contributed by atoms with Crippen molar-refractivity contribution in [2.45, 2.75) is 43.9 Å². The first-order chi connectivity index (χ1) is 15.1. The van der Waals surface area contributed by atoms with Crippen LogP contribution in [0.15, 0.2) is 42.5 Å². The van der Waals surface area contributed by atoms with Crippen molar-refractivity contribution in [3.8, 4) is 5.75 Å². The van der Waals surface area contributed by atoms with Gasteiger partial charge in [0.05, 0.1) is 0 Å². The van der Waals surface area contributed by atoms with Crippen LogP contribution in [0, 0.1) is 5.82 Å². The van der Waals surface area contributed by atoms with Crippen molar-refractivity contribution in [2.75, 3.05) is 14.1 Å². The SMILES string of the molecule is CN(C)C(=O)c1ccc2cc(CC(O)(CC(C)(C)c3cc(F)ccc3O)C(F)(F)F)[nH]c2c1. The first-order valence-electron chi connectivity index (χ1n) is 10.2. The molecule has 33 heavy (non-hydrogen) atoms. The van der Waals surface area contributed by atoms with Crippen LogP contribution >= 0.6 is 0 Å². The third kappa shape index (κ3) is 4.98. The molecule has 0 aliphatic carbocycles. The van der Waals surface area contributed by atoms with Crippen LogP contribution in [0.4, 0.5) is 17.6 Å². The summed E-state index contributed by atoms with van der Waals surface area (Å²) < 4.78 is 56.0. The molecule has 1 amide bonds. The topological polar surface area (TPSA) is 76.6 Å². The predicted octanol–water partition coefficient (Wildman–Crippen LogP) is 4.92. The summed E-state index contributed by atoms with van der Waals surface area (Å²) in [5, 5.41) is 21.5. The van der Waals surface area contributed by atoms with Gasteiger partial charge in [-0.2, -0.15) is 13.2 Å². The average molecular weight is 466 g/mol. The summed E-state index contributed by atoms with van der Waals surface area (Å²) in [6.45, 7) is 2.81. The number of H-pyrrole nitrogens is 1. The van der Waals surface area contributed by atoms with E-state index in [-0.39, 0.29) is 22.9 Å². The zero-order chi connectivity index (χ0) is 24.8. The van der Waals surface area contributed by atoms with Gasteiger partial charge in [0.25, 0.3) is 5.91 Å². The Morgan fingerprint density at radius 2 is 1.73 bits per heavy atom. The molecule has 178 valence electrons. The number of aromatic amines is 1. The van der Waals surface area contributed by atoms with Crippen LogP contribution in [0.2, 0.25) is 0 Å². The lowest BCUT2D eigenvalue weighted by atomic mass is 9.73. The molecule has 1 aromatic heterocycles. The lowest BCUT2D eigenvalue weighted by Gasteiger charge is -2.38. The molecule has 3 aromatic rings. The highest BCUT2D eigenvalue weighted by molar-refractivity contribution is 5.97. The van der Waals surface area contributed by atoms with Crippen molar-refractivity contribution in [1.82, 2.24) is 9.88 Å². The van der Waals surface area contributed by atoms with E-state index in [1.807, 2.05) is 0 Å². The highest BCUT2D eigenvalue weighted by Crippen LogP contribution is 2.45. The second-order valence-electron chi connectivity index (χ2n) is 9.22. The number of halogens is 4. The first-order valence-corrected chi connectivity index (χ1v) is 10.2. The predicted molar refractivity (Wildman–Crippen MR) is 117 cm³/mol. The number of fused-ring (bicyclic) bond motifs is 1. The molecular weight excluding hydrogens is 440 g/mol. The maximum atomic E-state index is 14.1. The minimum atomic E-state index is -5.00. The lowest BCUT2D eigenvalue weighted by molar-refractivity contribution is -0.266. The number of phenolic OH excluding ortho intramolecular Hbond substituents is 1. The van der Waals surface area contributed by atoms with Crippen LogP contribution in [-0.2, 0) is 11.8 Å². The van der Waals surface area contributed by atoms with Crippen LogP contribution < -0.4 is 0 Å². The molecule has 0 aliphatic rings. The zero-order valence-electron chi connectivity index (χ0n) is 18.7. The number of aromatic nitrogens is 1. The molecule has 3 rings (SSSR count). The molecule has 0 spiro atoms. The summed E-state index contributed by atoms with van der Waals surface area (Å²) in [6.07, 6.45) is -6.61. The fraction of sp³-hybridized carbons (Fsp3) is 0.375. The van der Waals surface area contributed by atoms with Gasteiger partial charge in [0.15, 0.2) is 5.60 Å². The molecule has 0 fully saturated rings. The Hall–Kier alpha value is -3.07. The molecule has 0 saturated carbocycles. The van der Waals surface area contributed by atoms with Gasteiger partial charge in [-0.25, -0.2) is 4.39 Å². The largest absolute Gasteiger partial charge is 0.508 e. The van der Waals surface area contributed by atoms with Crippen LogP contribution in [0.5, 0.6) is 5.75 Å². The molecule has 9 heteroatoms. The fourth-order valence-corrected chi connectivity index (χ4v) is 4.13. The number of aliphatic hydroxyl groups is 1. The number of alkyl halides is 3. The Morgan fingerprint density at radius 1 is 1.06 bits per heavy atom. The van der Waals surface area contributed by atoms with Gasteiger partial charge >= 0.3 is 6.18 Å². The number of benzene rings is 2. The number of rotatable bonds is 6. The van der Waals surface area contributed by atoms with Crippen molar-refractivity contribution < 1.29 is 32.6 Å². The second kappa shape index (κ2) is 8.37. The third-order valence-corrected chi connectivity index (χ3v) is 5.76. The van der Waals surface area contributed by atoms with Crippen LogP contribution in [0.25, 0.3) is 10.9 Å². The summed E-state index contributed by atoms with van der Waals surface area (Å²) in [7, 11) is 3.18. The van der Waals surface area contributed by atoms with Crippen molar-refractivity contribution in [2.24, 2.45) is 0 Å². The molecule has 0 bridgehead atoms. The summed E-state index contributed by atoms with van der Waals surface area (Å²) >= 11 is 0. The summed E-state index contributed by atoms with van der Waals surface area (Å²) in [5.74, 6) is -1.31. The number of nitrogens with one attached hydrogen (secondary N) is 1.